The van der Waals surface area contributed by atoms with Gasteiger partial charge in [-0.15, -0.1) is 0 Å². The average Bonchev–Trinajstić information content (AvgIpc) is 3.17. The summed E-state index contributed by atoms with van der Waals surface area (Å²) in [5, 5.41) is 0. The zero-order valence-electron chi connectivity index (χ0n) is 16.3. The Balaban J connectivity index is 1.32. The van der Waals surface area contributed by atoms with Crippen LogP contribution >= 0.6 is 0 Å². The molecular weight excluding hydrogens is 366 g/mol. The van der Waals surface area contributed by atoms with Crippen LogP contribution in [0.5, 0.6) is 0 Å². The number of amides is 2. The lowest BCUT2D eigenvalue weighted by Crippen LogP contribution is -2.61. The number of benzene rings is 1. The highest BCUT2D eigenvalue weighted by Crippen LogP contribution is 2.33. The maximum Gasteiger partial charge on any atom is 0.250 e. The molecule has 1 aromatic carbocycles. The van der Waals surface area contributed by atoms with Gasteiger partial charge in [0.25, 0.3) is 5.91 Å². The summed E-state index contributed by atoms with van der Waals surface area (Å²) >= 11 is 0. The summed E-state index contributed by atoms with van der Waals surface area (Å²) < 4.78 is 0. The third kappa shape index (κ3) is 2.97. The van der Waals surface area contributed by atoms with E-state index in [1.54, 1.807) is 6.08 Å². The first-order valence-corrected chi connectivity index (χ1v) is 10.0. The van der Waals surface area contributed by atoms with Crippen LogP contribution in [0, 0.1) is 0 Å². The standard InChI is InChI=1S/C22H23N5O2/c1-22(14-19(28)25-18-8-4-5-11-27(18)22)21(29)26-12-9-15(10-13-26)20-23-16-6-2-3-7-17(16)24-20/h2-8,11,15H,9-10,12-14H2,1H3,(H,23,24). The number of aromatic amines is 1. The molecule has 4 heterocycles. The fourth-order valence-electron chi connectivity index (χ4n) is 4.53. The number of carbonyl (C=O) groups excluding carboxylic acids is 2. The first kappa shape index (κ1) is 17.8. The molecule has 1 saturated heterocycles. The van der Waals surface area contributed by atoms with Crippen molar-refractivity contribution in [2.45, 2.75) is 37.6 Å². The van der Waals surface area contributed by atoms with Crippen molar-refractivity contribution in [3.05, 3.63) is 54.5 Å². The Kier molecular flexibility index (Phi) is 4.12. The number of nitrogens with one attached hydrogen (secondary N) is 1. The quantitative estimate of drug-likeness (QED) is 0.856. The SMILES string of the molecule is CC1(C(=O)N2CCC(c3nc4ccccc4[nH]3)CC2)CC(=O)N=C2C=CC=CN21. The molecule has 1 unspecified atom stereocenters. The zero-order valence-corrected chi connectivity index (χ0v) is 16.3. The molecule has 148 valence electrons. The Morgan fingerprint density at radius 1 is 1.21 bits per heavy atom. The van der Waals surface area contributed by atoms with E-state index in [2.05, 4.69) is 9.98 Å². The van der Waals surface area contributed by atoms with E-state index in [1.165, 1.54) is 0 Å². The molecule has 0 spiro atoms. The second-order valence-corrected chi connectivity index (χ2v) is 8.09. The molecule has 1 atom stereocenters. The zero-order chi connectivity index (χ0) is 20.0. The summed E-state index contributed by atoms with van der Waals surface area (Å²) in [6.07, 6.45) is 9.11. The largest absolute Gasteiger partial charge is 0.342 e. The lowest BCUT2D eigenvalue weighted by atomic mass is 9.88. The van der Waals surface area contributed by atoms with Gasteiger partial charge in [-0.3, -0.25) is 9.59 Å². The van der Waals surface area contributed by atoms with Gasteiger partial charge in [0.2, 0.25) is 5.91 Å². The van der Waals surface area contributed by atoms with Crippen LogP contribution in [0.25, 0.3) is 11.0 Å². The lowest BCUT2D eigenvalue weighted by Gasteiger charge is -2.45. The molecule has 3 aliphatic heterocycles. The molecule has 1 fully saturated rings. The van der Waals surface area contributed by atoms with Crippen LogP contribution in [0.15, 0.2) is 53.7 Å². The van der Waals surface area contributed by atoms with Gasteiger partial charge in [0, 0.05) is 25.2 Å². The van der Waals surface area contributed by atoms with Crippen LogP contribution in [0.4, 0.5) is 0 Å². The number of para-hydroxylation sites is 2. The van der Waals surface area contributed by atoms with Gasteiger partial charge in [0.1, 0.15) is 17.2 Å². The van der Waals surface area contributed by atoms with Crippen molar-refractivity contribution in [2.24, 2.45) is 4.99 Å². The predicted octanol–water partition coefficient (Wildman–Crippen LogP) is 2.74. The maximum absolute atomic E-state index is 13.5. The van der Waals surface area contributed by atoms with E-state index in [-0.39, 0.29) is 18.2 Å². The smallest absolute Gasteiger partial charge is 0.250 e. The van der Waals surface area contributed by atoms with Gasteiger partial charge in [-0.25, -0.2) is 4.98 Å². The number of carbonyl (C=O) groups is 2. The highest BCUT2D eigenvalue weighted by atomic mass is 16.2. The number of hydrogen-bond acceptors (Lipinski definition) is 4. The second kappa shape index (κ2) is 6.69. The van der Waals surface area contributed by atoms with Crippen molar-refractivity contribution < 1.29 is 9.59 Å². The number of fused-ring (bicyclic) bond motifs is 2. The van der Waals surface area contributed by atoms with E-state index in [4.69, 9.17) is 4.98 Å². The highest BCUT2D eigenvalue weighted by Gasteiger charge is 2.47. The normalized spacial score (nSPS) is 24.7. The number of nitrogens with zero attached hydrogens (tertiary/aromatic N) is 4. The van der Waals surface area contributed by atoms with Crippen molar-refractivity contribution in [2.75, 3.05) is 13.1 Å². The van der Waals surface area contributed by atoms with Crippen LogP contribution in [0.2, 0.25) is 0 Å². The van der Waals surface area contributed by atoms with E-state index < -0.39 is 5.54 Å². The molecule has 0 saturated carbocycles. The maximum atomic E-state index is 13.5. The molecule has 7 nitrogen and oxygen atoms in total. The highest BCUT2D eigenvalue weighted by molar-refractivity contribution is 6.09. The van der Waals surface area contributed by atoms with E-state index in [0.717, 1.165) is 29.7 Å². The molecule has 2 aromatic rings. The fraction of sp³-hybridized carbons (Fsp3) is 0.364. The Morgan fingerprint density at radius 3 is 2.79 bits per heavy atom. The van der Waals surface area contributed by atoms with Crippen molar-refractivity contribution in [3.63, 3.8) is 0 Å². The fourth-order valence-corrected chi connectivity index (χ4v) is 4.53. The molecule has 2 amide bonds. The summed E-state index contributed by atoms with van der Waals surface area (Å²) in [4.78, 5) is 41.6. The molecule has 0 radical (unpaired) electrons. The number of imidazole rings is 1. The van der Waals surface area contributed by atoms with Gasteiger partial charge in [-0.05, 0) is 44.1 Å². The lowest BCUT2D eigenvalue weighted by molar-refractivity contribution is -0.144. The van der Waals surface area contributed by atoms with E-state index in [9.17, 15) is 9.59 Å². The predicted molar refractivity (Wildman–Crippen MR) is 110 cm³/mol. The number of H-pyrrole nitrogens is 1. The van der Waals surface area contributed by atoms with E-state index >= 15 is 0 Å². The van der Waals surface area contributed by atoms with Crippen molar-refractivity contribution in [3.8, 4) is 0 Å². The van der Waals surface area contributed by atoms with E-state index in [0.29, 0.717) is 24.8 Å². The average molecular weight is 389 g/mol. The summed E-state index contributed by atoms with van der Waals surface area (Å²) in [5.41, 5.74) is 1.10. The second-order valence-electron chi connectivity index (χ2n) is 8.09. The first-order valence-electron chi connectivity index (χ1n) is 10.0. The van der Waals surface area contributed by atoms with Crippen molar-refractivity contribution in [1.82, 2.24) is 19.8 Å². The molecule has 5 rings (SSSR count). The molecular formula is C22H23N5O2. The van der Waals surface area contributed by atoms with Gasteiger partial charge >= 0.3 is 0 Å². The van der Waals surface area contributed by atoms with Gasteiger partial charge in [-0.2, -0.15) is 4.99 Å². The number of allylic oxidation sites excluding steroid dienone is 2. The van der Waals surface area contributed by atoms with Crippen LogP contribution in [-0.4, -0.2) is 56.0 Å². The Labute approximate surface area is 168 Å². The number of amidine groups is 1. The van der Waals surface area contributed by atoms with Crippen molar-refractivity contribution >= 4 is 28.7 Å². The number of rotatable bonds is 2. The Morgan fingerprint density at radius 2 is 2.00 bits per heavy atom. The van der Waals surface area contributed by atoms with E-state index in [1.807, 2.05) is 59.3 Å². The number of hydrogen-bond donors (Lipinski definition) is 1. The van der Waals surface area contributed by atoms with Gasteiger partial charge < -0.3 is 14.8 Å². The topological polar surface area (TPSA) is 81.7 Å². The summed E-state index contributed by atoms with van der Waals surface area (Å²) in [6.45, 7) is 3.16. The monoisotopic (exact) mass is 389 g/mol. The number of likely N-dealkylation sites (tertiary alicyclic amines) is 1. The molecule has 1 aromatic heterocycles. The minimum Gasteiger partial charge on any atom is -0.342 e. The summed E-state index contributed by atoms with van der Waals surface area (Å²) in [7, 11) is 0. The van der Waals surface area contributed by atoms with Crippen molar-refractivity contribution in [1.29, 1.82) is 0 Å². The van der Waals surface area contributed by atoms with Gasteiger partial charge in [0.05, 0.1) is 17.5 Å². The van der Waals surface area contributed by atoms with Gasteiger partial charge in [-0.1, -0.05) is 18.2 Å². The third-order valence-corrected chi connectivity index (χ3v) is 6.14. The summed E-state index contributed by atoms with van der Waals surface area (Å²) in [5.74, 6) is 1.58. The van der Waals surface area contributed by atoms with Crippen LogP contribution in [0.3, 0.4) is 0 Å². The van der Waals surface area contributed by atoms with Gasteiger partial charge in [0.15, 0.2) is 0 Å². The minimum absolute atomic E-state index is 0.0127. The Bertz CT molecular complexity index is 1040. The molecule has 3 aliphatic rings. The number of piperidine rings is 1. The number of aliphatic imine (C=N–C) groups is 1. The van der Waals surface area contributed by atoms with Crippen LogP contribution in [0.1, 0.15) is 37.9 Å². The van der Waals surface area contributed by atoms with Crippen LogP contribution in [-0.2, 0) is 9.59 Å². The first-order chi connectivity index (χ1) is 14.0. The summed E-state index contributed by atoms with van der Waals surface area (Å²) in [6, 6.07) is 8.03. The number of aromatic nitrogens is 2. The molecule has 0 bridgehead atoms. The molecule has 0 aliphatic carbocycles. The third-order valence-electron chi connectivity index (χ3n) is 6.14. The Hall–Kier alpha value is -3.22. The molecule has 29 heavy (non-hydrogen) atoms. The molecule has 7 heteroatoms. The molecule has 1 N–H and O–H groups in total. The van der Waals surface area contributed by atoms with Crippen LogP contribution < -0.4 is 0 Å². The minimum atomic E-state index is -0.929.